The maximum Gasteiger partial charge on any atom is 0.119 e. The Bertz CT molecular complexity index is 699. The molecule has 2 heterocycles. The van der Waals surface area contributed by atoms with E-state index in [1.165, 1.54) is 31.5 Å². The molecule has 1 aliphatic heterocycles. The molecule has 0 bridgehead atoms. The molecule has 1 atom stereocenters. The summed E-state index contributed by atoms with van der Waals surface area (Å²) in [6, 6.07) is 10.6. The number of rotatable bonds is 9. The van der Waals surface area contributed by atoms with Gasteiger partial charge in [0, 0.05) is 31.9 Å². The fourth-order valence-corrected chi connectivity index (χ4v) is 4.07. The molecule has 2 aromatic rings. The smallest absolute Gasteiger partial charge is 0.119 e. The van der Waals surface area contributed by atoms with Gasteiger partial charge in [-0.15, -0.1) is 0 Å². The Balaban J connectivity index is 1.47. The maximum atomic E-state index is 5.34. The van der Waals surface area contributed by atoms with Crippen molar-refractivity contribution in [2.75, 3.05) is 39.8 Å². The summed E-state index contributed by atoms with van der Waals surface area (Å²) < 4.78 is 5.34. The van der Waals surface area contributed by atoms with Crippen LogP contribution in [0.25, 0.3) is 0 Å². The number of piperidine rings is 1. The van der Waals surface area contributed by atoms with Crippen LogP contribution in [0.4, 0.5) is 0 Å². The molecule has 0 spiro atoms. The van der Waals surface area contributed by atoms with Crippen molar-refractivity contribution in [3.8, 4) is 5.75 Å². The van der Waals surface area contributed by atoms with Crippen molar-refractivity contribution in [2.45, 2.75) is 39.7 Å². The van der Waals surface area contributed by atoms with Crippen LogP contribution in [0.3, 0.4) is 0 Å². The Morgan fingerprint density at radius 2 is 2.22 bits per heavy atom. The highest BCUT2D eigenvalue weighted by Gasteiger charge is 2.22. The number of hydrogen-bond donors (Lipinski definition) is 1. The van der Waals surface area contributed by atoms with E-state index < -0.39 is 0 Å². The molecule has 3 rings (SSSR count). The lowest BCUT2D eigenvalue weighted by molar-refractivity contribution is 0.132. The van der Waals surface area contributed by atoms with Crippen LogP contribution in [0.2, 0.25) is 0 Å². The molecule has 5 nitrogen and oxygen atoms in total. The van der Waals surface area contributed by atoms with Gasteiger partial charge in [-0.05, 0) is 69.0 Å². The van der Waals surface area contributed by atoms with Crippen LogP contribution in [0.1, 0.15) is 36.7 Å². The van der Waals surface area contributed by atoms with Gasteiger partial charge in [0.15, 0.2) is 0 Å². The molecule has 1 aromatic carbocycles. The first-order valence-corrected chi connectivity index (χ1v) is 10.2. The van der Waals surface area contributed by atoms with E-state index in [2.05, 4.69) is 58.1 Å². The standard InChI is InChI=1S/C22H34N4O/c1-4-25(17-21-13-18(2)23-24-21)15-20-8-6-11-26(16-20)12-10-19-7-5-9-22(14-19)27-3/h5,7,9,13-14,20H,4,6,8,10-12,15-17H2,1-3H3,(H,23,24)/t20-/m0/s1. The molecule has 1 aromatic heterocycles. The molecule has 27 heavy (non-hydrogen) atoms. The Labute approximate surface area is 163 Å². The average molecular weight is 371 g/mol. The number of ether oxygens (including phenoxy) is 1. The second-order valence-electron chi connectivity index (χ2n) is 7.78. The lowest BCUT2D eigenvalue weighted by Crippen LogP contribution is -2.41. The summed E-state index contributed by atoms with van der Waals surface area (Å²) in [7, 11) is 1.73. The Morgan fingerprint density at radius 1 is 1.33 bits per heavy atom. The van der Waals surface area contributed by atoms with Crippen LogP contribution in [0, 0.1) is 12.8 Å². The van der Waals surface area contributed by atoms with E-state index in [-0.39, 0.29) is 0 Å². The number of nitrogens with zero attached hydrogens (tertiary/aromatic N) is 3. The van der Waals surface area contributed by atoms with Crippen molar-refractivity contribution in [3.63, 3.8) is 0 Å². The number of H-pyrrole nitrogens is 1. The lowest BCUT2D eigenvalue weighted by atomic mass is 9.96. The van der Waals surface area contributed by atoms with Crippen LogP contribution in [-0.2, 0) is 13.0 Å². The number of nitrogens with one attached hydrogen (secondary N) is 1. The summed E-state index contributed by atoms with van der Waals surface area (Å²) in [4.78, 5) is 5.17. The van der Waals surface area contributed by atoms with Crippen molar-refractivity contribution < 1.29 is 4.74 Å². The third-order valence-electron chi connectivity index (χ3n) is 5.56. The maximum absolute atomic E-state index is 5.34. The van der Waals surface area contributed by atoms with Crippen molar-refractivity contribution in [1.29, 1.82) is 0 Å². The molecule has 0 saturated carbocycles. The van der Waals surface area contributed by atoms with Crippen molar-refractivity contribution >= 4 is 0 Å². The molecule has 0 unspecified atom stereocenters. The summed E-state index contributed by atoms with van der Waals surface area (Å²) in [6.07, 6.45) is 3.74. The van der Waals surface area contributed by atoms with Crippen LogP contribution < -0.4 is 4.74 Å². The zero-order chi connectivity index (χ0) is 19.1. The van der Waals surface area contributed by atoms with Crippen molar-refractivity contribution in [3.05, 3.63) is 47.3 Å². The highest BCUT2D eigenvalue weighted by Crippen LogP contribution is 2.20. The number of aromatic amines is 1. The van der Waals surface area contributed by atoms with Gasteiger partial charge in [-0.2, -0.15) is 5.10 Å². The lowest BCUT2D eigenvalue weighted by Gasteiger charge is -2.35. The molecule has 5 heteroatoms. The van der Waals surface area contributed by atoms with E-state index in [9.17, 15) is 0 Å². The molecule has 1 N–H and O–H groups in total. The van der Waals surface area contributed by atoms with Gasteiger partial charge in [0.2, 0.25) is 0 Å². The van der Waals surface area contributed by atoms with E-state index in [1.54, 1.807) is 7.11 Å². The summed E-state index contributed by atoms with van der Waals surface area (Å²) in [6.45, 7) is 11.1. The van der Waals surface area contributed by atoms with E-state index in [4.69, 9.17) is 4.74 Å². The monoisotopic (exact) mass is 370 g/mol. The zero-order valence-corrected chi connectivity index (χ0v) is 17.1. The van der Waals surface area contributed by atoms with Crippen LogP contribution in [0.5, 0.6) is 5.75 Å². The van der Waals surface area contributed by atoms with E-state index >= 15 is 0 Å². The first-order valence-electron chi connectivity index (χ1n) is 10.2. The van der Waals surface area contributed by atoms with E-state index in [1.807, 2.05) is 6.07 Å². The quantitative estimate of drug-likeness (QED) is 0.734. The molecular weight excluding hydrogens is 336 g/mol. The molecule has 0 amide bonds. The molecule has 0 aliphatic carbocycles. The first-order chi connectivity index (χ1) is 13.2. The van der Waals surface area contributed by atoms with Gasteiger partial charge >= 0.3 is 0 Å². The number of benzene rings is 1. The topological polar surface area (TPSA) is 44.4 Å². The van der Waals surface area contributed by atoms with Crippen LogP contribution >= 0.6 is 0 Å². The van der Waals surface area contributed by atoms with Gasteiger partial charge in [-0.25, -0.2) is 0 Å². The highest BCUT2D eigenvalue weighted by molar-refractivity contribution is 5.28. The second-order valence-corrected chi connectivity index (χ2v) is 7.78. The predicted octanol–water partition coefficient (Wildman–Crippen LogP) is 3.50. The van der Waals surface area contributed by atoms with Gasteiger partial charge in [0.1, 0.15) is 5.75 Å². The summed E-state index contributed by atoms with van der Waals surface area (Å²) in [5.41, 5.74) is 3.66. The number of hydrogen-bond acceptors (Lipinski definition) is 4. The molecular formula is C22H34N4O. The Morgan fingerprint density at radius 3 is 2.96 bits per heavy atom. The molecule has 1 aliphatic rings. The minimum atomic E-state index is 0.754. The normalized spacial score (nSPS) is 18.1. The van der Waals surface area contributed by atoms with Gasteiger partial charge in [0.25, 0.3) is 0 Å². The summed E-state index contributed by atoms with van der Waals surface area (Å²) >= 11 is 0. The fraction of sp³-hybridized carbons (Fsp3) is 0.591. The van der Waals surface area contributed by atoms with Crippen molar-refractivity contribution in [2.24, 2.45) is 5.92 Å². The fourth-order valence-electron chi connectivity index (χ4n) is 4.07. The average Bonchev–Trinajstić information content (AvgIpc) is 3.11. The van der Waals surface area contributed by atoms with Gasteiger partial charge < -0.3 is 9.64 Å². The van der Waals surface area contributed by atoms with E-state index in [0.717, 1.165) is 55.7 Å². The van der Waals surface area contributed by atoms with Crippen LogP contribution in [0.15, 0.2) is 30.3 Å². The number of aryl methyl sites for hydroxylation is 1. The van der Waals surface area contributed by atoms with Gasteiger partial charge in [-0.3, -0.25) is 10.00 Å². The van der Waals surface area contributed by atoms with E-state index in [0.29, 0.717) is 0 Å². The predicted molar refractivity (Wildman–Crippen MR) is 110 cm³/mol. The third-order valence-corrected chi connectivity index (χ3v) is 5.56. The molecule has 1 fully saturated rings. The minimum Gasteiger partial charge on any atom is -0.497 e. The second kappa shape index (κ2) is 9.90. The molecule has 0 radical (unpaired) electrons. The Kier molecular flexibility index (Phi) is 7.30. The third kappa shape index (κ3) is 6.08. The summed E-state index contributed by atoms with van der Waals surface area (Å²) in [5, 5.41) is 7.46. The van der Waals surface area contributed by atoms with Gasteiger partial charge in [-0.1, -0.05) is 19.1 Å². The zero-order valence-electron chi connectivity index (χ0n) is 17.1. The number of methoxy groups -OCH3 is 1. The summed E-state index contributed by atoms with van der Waals surface area (Å²) in [5.74, 6) is 1.71. The largest absolute Gasteiger partial charge is 0.497 e. The Hall–Kier alpha value is -1.85. The van der Waals surface area contributed by atoms with Crippen molar-refractivity contribution in [1.82, 2.24) is 20.0 Å². The number of likely N-dealkylation sites (tertiary alicyclic amines) is 1. The number of aromatic nitrogens is 2. The molecule has 1 saturated heterocycles. The van der Waals surface area contributed by atoms with Crippen LogP contribution in [-0.4, -0.2) is 59.8 Å². The highest BCUT2D eigenvalue weighted by atomic mass is 16.5. The van der Waals surface area contributed by atoms with Gasteiger partial charge in [0.05, 0.1) is 12.8 Å². The molecule has 148 valence electrons. The SMILES string of the molecule is CCN(Cc1cc(C)[nH]n1)C[C@@H]1CCCN(CCc2cccc(OC)c2)C1. The first kappa shape index (κ1) is 19.9. The minimum absolute atomic E-state index is 0.754.